The number of benzene rings is 2. The minimum Gasteiger partial charge on any atom is -0.496 e. The fourth-order valence-corrected chi connectivity index (χ4v) is 12.8. The zero-order valence-corrected chi connectivity index (χ0v) is 36.2. The molecule has 0 aliphatic carbocycles. The zero-order valence-electron chi connectivity index (χ0n) is 32.9. The first kappa shape index (κ1) is 38.2. The van der Waals surface area contributed by atoms with Crippen molar-refractivity contribution in [1.82, 2.24) is 0 Å². The van der Waals surface area contributed by atoms with Crippen LogP contribution in [0, 0.1) is 55.4 Å². The first-order chi connectivity index (χ1) is 24.7. The lowest BCUT2D eigenvalue weighted by Crippen LogP contribution is -2.07. The molecule has 0 amide bonds. The Morgan fingerprint density at radius 1 is 0.365 bits per heavy atom. The lowest BCUT2D eigenvalue weighted by atomic mass is 10.0. The van der Waals surface area contributed by atoms with E-state index in [2.05, 4.69) is 95.2 Å². The molecule has 0 spiro atoms. The molecule has 0 fully saturated rings. The van der Waals surface area contributed by atoms with E-state index >= 15 is 0 Å². The van der Waals surface area contributed by atoms with Crippen LogP contribution in [-0.2, 0) is 0 Å². The summed E-state index contributed by atoms with van der Waals surface area (Å²) < 4.78 is 24.4. The van der Waals surface area contributed by atoms with E-state index in [0.29, 0.717) is 0 Å². The molecule has 0 aliphatic heterocycles. The molecule has 0 radical (unpaired) electrons. The molecule has 6 aromatic rings. The molecule has 274 valence electrons. The summed E-state index contributed by atoms with van der Waals surface area (Å²) in [5.74, 6) is 3.39. The third-order valence-corrected chi connectivity index (χ3v) is 16.1. The Morgan fingerprint density at radius 2 is 0.596 bits per heavy atom. The quantitative estimate of drug-likeness (QED) is 0.131. The molecule has 0 N–H and O–H groups in total. The van der Waals surface area contributed by atoms with E-state index in [0.717, 1.165) is 34.1 Å². The molecule has 8 heteroatoms. The lowest BCUT2D eigenvalue weighted by Gasteiger charge is -2.16. The van der Waals surface area contributed by atoms with Crippen LogP contribution in [0.15, 0.2) is 36.4 Å². The second kappa shape index (κ2) is 15.1. The number of hydrogen-bond acceptors (Lipinski definition) is 8. The maximum Gasteiger partial charge on any atom is 0.132 e. The van der Waals surface area contributed by atoms with Gasteiger partial charge in [-0.3, -0.25) is 0 Å². The standard InChI is InChI=1S/C44H50O4S4/c1-21(2)47-33-19-15-17-31(45-13)35(33)37-23(5)25(7)39(49-37)41-27(9)29(11)43(51-41)44-30(12)28(10)42(52-44)40-26(8)24(6)38(50-40)36-32(46-14)18-16-20-34(36)48-22(3)4/h15-22H,1-14H3. The predicted octanol–water partition coefficient (Wildman–Crippen LogP) is 14.3. The molecule has 4 heterocycles. The van der Waals surface area contributed by atoms with E-state index in [1.165, 1.54) is 83.5 Å². The van der Waals surface area contributed by atoms with Crippen LogP contribution >= 0.6 is 45.3 Å². The summed E-state index contributed by atoms with van der Waals surface area (Å²) in [5, 5.41) is 0. The first-order valence-electron chi connectivity index (χ1n) is 17.8. The maximum atomic E-state index is 6.31. The average molecular weight is 771 g/mol. The van der Waals surface area contributed by atoms with Crippen LogP contribution in [0.2, 0.25) is 0 Å². The average Bonchev–Trinajstić information content (AvgIpc) is 3.77. The SMILES string of the molecule is COc1cccc(OC(C)C)c1-c1sc(-c2sc(-c3sc(-c4sc(-c5c(OC)cccc5OC(C)C)c(C)c4C)c(C)c3C)c(C)c2C)c(C)c1C. The fourth-order valence-electron chi connectivity index (χ4n) is 6.67. The first-order valence-corrected chi connectivity index (χ1v) is 21.1. The van der Waals surface area contributed by atoms with Crippen molar-refractivity contribution in [2.24, 2.45) is 0 Å². The van der Waals surface area contributed by atoms with Crippen molar-refractivity contribution in [2.75, 3.05) is 14.2 Å². The maximum absolute atomic E-state index is 6.31. The van der Waals surface area contributed by atoms with Gasteiger partial charge >= 0.3 is 0 Å². The summed E-state index contributed by atoms with van der Waals surface area (Å²) in [6, 6.07) is 12.2. The predicted molar refractivity (Wildman–Crippen MR) is 228 cm³/mol. The molecular weight excluding hydrogens is 721 g/mol. The van der Waals surface area contributed by atoms with Crippen molar-refractivity contribution >= 4 is 45.3 Å². The Labute approximate surface area is 326 Å². The highest BCUT2D eigenvalue weighted by Gasteiger charge is 2.28. The molecule has 0 saturated heterocycles. The highest BCUT2D eigenvalue weighted by molar-refractivity contribution is 7.30. The highest BCUT2D eigenvalue weighted by Crippen LogP contribution is 2.55. The van der Waals surface area contributed by atoms with Crippen molar-refractivity contribution < 1.29 is 18.9 Å². The van der Waals surface area contributed by atoms with Crippen molar-refractivity contribution in [3.63, 3.8) is 0 Å². The number of thiophene rings is 4. The monoisotopic (exact) mass is 770 g/mol. The van der Waals surface area contributed by atoms with E-state index in [9.17, 15) is 0 Å². The van der Waals surface area contributed by atoms with Crippen LogP contribution < -0.4 is 18.9 Å². The van der Waals surface area contributed by atoms with Gasteiger partial charge in [-0.05, 0) is 152 Å². The van der Waals surface area contributed by atoms with Crippen molar-refractivity contribution in [3.05, 3.63) is 80.9 Å². The summed E-state index contributed by atoms with van der Waals surface area (Å²) in [6.07, 6.45) is 0.120. The second-order valence-electron chi connectivity index (χ2n) is 14.0. The molecule has 0 unspecified atom stereocenters. The molecule has 2 aromatic carbocycles. The Hall–Kier alpha value is -3.56. The molecule has 0 aliphatic rings. The molecule has 4 aromatic heterocycles. The minimum absolute atomic E-state index is 0.0600. The van der Waals surface area contributed by atoms with Crippen LogP contribution in [0.5, 0.6) is 23.0 Å². The van der Waals surface area contributed by atoms with Gasteiger partial charge in [0.1, 0.15) is 23.0 Å². The van der Waals surface area contributed by atoms with E-state index in [-0.39, 0.29) is 12.2 Å². The van der Waals surface area contributed by atoms with Gasteiger partial charge in [0.05, 0.1) is 37.6 Å². The van der Waals surface area contributed by atoms with Gasteiger partial charge in [-0.2, -0.15) is 0 Å². The topological polar surface area (TPSA) is 36.9 Å². The van der Waals surface area contributed by atoms with Crippen molar-refractivity contribution in [1.29, 1.82) is 0 Å². The van der Waals surface area contributed by atoms with Gasteiger partial charge in [0, 0.05) is 39.0 Å². The number of hydrogen-bond donors (Lipinski definition) is 0. The van der Waals surface area contributed by atoms with E-state index in [1.807, 2.05) is 69.6 Å². The largest absolute Gasteiger partial charge is 0.496 e. The van der Waals surface area contributed by atoms with Gasteiger partial charge in [0.25, 0.3) is 0 Å². The van der Waals surface area contributed by atoms with Gasteiger partial charge in [0.15, 0.2) is 0 Å². The Morgan fingerprint density at radius 3 is 0.846 bits per heavy atom. The van der Waals surface area contributed by atoms with Crippen LogP contribution in [0.3, 0.4) is 0 Å². The van der Waals surface area contributed by atoms with Crippen LogP contribution in [0.4, 0.5) is 0 Å². The zero-order chi connectivity index (χ0) is 37.8. The van der Waals surface area contributed by atoms with E-state index < -0.39 is 0 Å². The lowest BCUT2D eigenvalue weighted by molar-refractivity contribution is 0.242. The summed E-state index contributed by atoms with van der Waals surface area (Å²) in [7, 11) is 3.48. The normalized spacial score (nSPS) is 11.6. The van der Waals surface area contributed by atoms with Gasteiger partial charge in [0.2, 0.25) is 0 Å². The Balaban J connectivity index is 1.46. The van der Waals surface area contributed by atoms with Crippen LogP contribution in [0.1, 0.15) is 72.2 Å². The summed E-state index contributed by atoms with van der Waals surface area (Å²) in [6.45, 7) is 26.4. The molecule has 52 heavy (non-hydrogen) atoms. The van der Waals surface area contributed by atoms with Gasteiger partial charge < -0.3 is 18.9 Å². The molecule has 0 atom stereocenters. The van der Waals surface area contributed by atoms with Gasteiger partial charge in [-0.25, -0.2) is 0 Å². The second-order valence-corrected chi connectivity index (χ2v) is 18.1. The van der Waals surface area contributed by atoms with E-state index in [1.54, 1.807) is 14.2 Å². The smallest absolute Gasteiger partial charge is 0.132 e. The third kappa shape index (κ3) is 6.61. The van der Waals surface area contributed by atoms with Crippen molar-refractivity contribution in [2.45, 2.75) is 95.3 Å². The number of methoxy groups -OCH3 is 2. The number of ether oxygens (including phenoxy) is 4. The minimum atomic E-state index is 0.0600. The van der Waals surface area contributed by atoms with E-state index in [4.69, 9.17) is 18.9 Å². The van der Waals surface area contributed by atoms with Gasteiger partial charge in [-0.15, -0.1) is 45.3 Å². The Kier molecular flexibility index (Phi) is 11.1. The van der Waals surface area contributed by atoms with Crippen LogP contribution in [0.25, 0.3) is 50.1 Å². The Bertz CT molecular complexity index is 2110. The summed E-state index contributed by atoms with van der Waals surface area (Å²) in [4.78, 5) is 10.5. The van der Waals surface area contributed by atoms with Crippen molar-refractivity contribution in [3.8, 4) is 73.1 Å². The number of rotatable bonds is 11. The molecule has 6 rings (SSSR count). The van der Waals surface area contributed by atoms with Gasteiger partial charge in [-0.1, -0.05) is 12.1 Å². The highest BCUT2D eigenvalue weighted by atomic mass is 32.1. The molecule has 4 nitrogen and oxygen atoms in total. The summed E-state index contributed by atoms with van der Waals surface area (Å²) >= 11 is 7.56. The summed E-state index contributed by atoms with van der Waals surface area (Å²) in [5.41, 5.74) is 12.6. The van der Waals surface area contributed by atoms with Crippen LogP contribution in [-0.4, -0.2) is 26.4 Å². The molecular formula is C44H50O4S4. The molecule has 0 bridgehead atoms. The fraction of sp³-hybridized carbons (Fsp3) is 0.364. The molecule has 0 saturated carbocycles. The third-order valence-electron chi connectivity index (χ3n) is 10.0.